The van der Waals surface area contributed by atoms with Crippen molar-refractivity contribution in [2.45, 2.75) is 37.8 Å². The number of nitrogens with zero attached hydrogens (tertiary/aromatic N) is 1. The topological polar surface area (TPSA) is 107 Å². The van der Waals surface area contributed by atoms with E-state index in [2.05, 4.69) is 15.3 Å². The molecular weight excluding hydrogens is 391 g/mol. The number of aliphatic hydroxyl groups is 2. The number of ether oxygens (including phenoxy) is 1. The third kappa shape index (κ3) is 5.55. The Kier molecular flexibility index (Phi) is 6.25. The normalized spacial score (nSPS) is 24.6. The van der Waals surface area contributed by atoms with E-state index >= 15 is 0 Å². The summed E-state index contributed by atoms with van der Waals surface area (Å²) in [7, 11) is 0. The molecule has 0 aromatic carbocycles. The second kappa shape index (κ2) is 8.52. The van der Waals surface area contributed by atoms with Gasteiger partial charge < -0.3 is 25.3 Å². The van der Waals surface area contributed by atoms with Gasteiger partial charge >= 0.3 is 6.18 Å². The maximum absolute atomic E-state index is 12.6. The van der Waals surface area contributed by atoms with Gasteiger partial charge in [0.25, 0.3) is 0 Å². The Labute approximate surface area is 164 Å². The number of rotatable bonds is 7. The molecule has 0 aliphatic heterocycles. The average molecular weight is 413 g/mol. The van der Waals surface area contributed by atoms with E-state index in [1.807, 2.05) is 0 Å². The fraction of sp³-hybridized carbons (Fsp3) is 0.474. The van der Waals surface area contributed by atoms with Gasteiger partial charge in [0.05, 0.1) is 24.4 Å². The van der Waals surface area contributed by atoms with Crippen LogP contribution in [0.3, 0.4) is 0 Å². The largest absolute Gasteiger partial charge is 0.477 e. The fourth-order valence-corrected chi connectivity index (χ4v) is 3.44. The van der Waals surface area contributed by atoms with Crippen molar-refractivity contribution in [2.75, 3.05) is 13.2 Å². The standard InChI is InChI=1S/C19H22F3N3O4/c20-19(21,22)13-2-4-17(25-9-13)29-11-18(5-14(26)15(27)6-18)10-23-7-12-1-3-16(28)24-8-12/h1-4,8-9,14-15,23,26-27H,5-7,10-11H2,(H,24,28)/t14-,15+,18?. The Morgan fingerprint density at radius 2 is 1.93 bits per heavy atom. The number of hydrogen-bond acceptors (Lipinski definition) is 6. The van der Waals surface area contributed by atoms with Crippen molar-refractivity contribution < 1.29 is 28.1 Å². The van der Waals surface area contributed by atoms with E-state index in [0.29, 0.717) is 19.3 Å². The molecule has 1 saturated carbocycles. The number of nitrogens with one attached hydrogen (secondary N) is 2. The van der Waals surface area contributed by atoms with Crippen LogP contribution in [-0.2, 0) is 12.7 Å². The van der Waals surface area contributed by atoms with Gasteiger partial charge in [-0.2, -0.15) is 13.2 Å². The summed E-state index contributed by atoms with van der Waals surface area (Å²) < 4.78 is 43.5. The van der Waals surface area contributed by atoms with Crippen LogP contribution in [0.2, 0.25) is 0 Å². The molecule has 0 radical (unpaired) electrons. The number of hydrogen-bond donors (Lipinski definition) is 4. The molecule has 1 aliphatic carbocycles. The number of aromatic amines is 1. The van der Waals surface area contributed by atoms with Crippen LogP contribution >= 0.6 is 0 Å². The van der Waals surface area contributed by atoms with Crippen LogP contribution in [0.4, 0.5) is 13.2 Å². The quantitative estimate of drug-likeness (QED) is 0.548. The lowest BCUT2D eigenvalue weighted by atomic mass is 9.86. The minimum Gasteiger partial charge on any atom is -0.477 e. The second-order valence-electron chi connectivity index (χ2n) is 7.38. The van der Waals surface area contributed by atoms with E-state index in [9.17, 15) is 28.2 Å². The summed E-state index contributed by atoms with van der Waals surface area (Å²) in [4.78, 5) is 17.4. The highest BCUT2D eigenvalue weighted by molar-refractivity contribution is 5.20. The number of H-pyrrole nitrogens is 1. The van der Waals surface area contributed by atoms with E-state index in [-0.39, 0.29) is 30.9 Å². The molecule has 29 heavy (non-hydrogen) atoms. The molecule has 0 saturated heterocycles. The van der Waals surface area contributed by atoms with Gasteiger partial charge in [-0.1, -0.05) is 6.07 Å². The molecule has 7 nitrogen and oxygen atoms in total. The first-order chi connectivity index (χ1) is 13.7. The highest BCUT2D eigenvalue weighted by Crippen LogP contribution is 2.39. The van der Waals surface area contributed by atoms with E-state index in [4.69, 9.17) is 4.74 Å². The Hall–Kier alpha value is -2.43. The molecule has 0 amide bonds. The first-order valence-corrected chi connectivity index (χ1v) is 9.07. The number of pyridine rings is 2. The number of alkyl halides is 3. The summed E-state index contributed by atoms with van der Waals surface area (Å²) in [5.74, 6) is 0.0360. The molecule has 1 unspecified atom stereocenters. The lowest BCUT2D eigenvalue weighted by Gasteiger charge is -2.29. The van der Waals surface area contributed by atoms with Crippen LogP contribution < -0.4 is 15.6 Å². The minimum absolute atomic E-state index is 0.0360. The molecule has 2 aromatic rings. The summed E-state index contributed by atoms with van der Waals surface area (Å²) in [5.41, 5.74) is -0.839. The molecule has 10 heteroatoms. The molecule has 0 spiro atoms. The molecule has 1 aliphatic rings. The third-order valence-electron chi connectivity index (χ3n) is 5.00. The molecule has 3 atom stereocenters. The van der Waals surface area contributed by atoms with E-state index in [1.165, 1.54) is 6.07 Å². The van der Waals surface area contributed by atoms with Crippen LogP contribution in [0.15, 0.2) is 41.5 Å². The Bertz CT molecular complexity index is 840. The molecule has 2 aromatic heterocycles. The summed E-state index contributed by atoms with van der Waals surface area (Å²) in [5, 5.41) is 23.2. The highest BCUT2D eigenvalue weighted by Gasteiger charge is 2.44. The Balaban J connectivity index is 1.62. The van der Waals surface area contributed by atoms with Crippen molar-refractivity contribution in [1.29, 1.82) is 0 Å². The number of aromatic nitrogens is 2. The fourth-order valence-electron chi connectivity index (χ4n) is 3.44. The van der Waals surface area contributed by atoms with Gasteiger partial charge in [0.1, 0.15) is 0 Å². The van der Waals surface area contributed by atoms with Gasteiger partial charge in [0.2, 0.25) is 11.4 Å². The van der Waals surface area contributed by atoms with Crippen molar-refractivity contribution in [2.24, 2.45) is 5.41 Å². The smallest absolute Gasteiger partial charge is 0.417 e. The summed E-state index contributed by atoms with van der Waals surface area (Å²) in [6.07, 6.45) is -3.46. The highest BCUT2D eigenvalue weighted by atomic mass is 19.4. The van der Waals surface area contributed by atoms with Gasteiger partial charge in [0, 0.05) is 43.0 Å². The summed E-state index contributed by atoms with van der Waals surface area (Å²) >= 11 is 0. The van der Waals surface area contributed by atoms with E-state index in [1.54, 1.807) is 12.3 Å². The van der Waals surface area contributed by atoms with Crippen molar-refractivity contribution in [1.82, 2.24) is 15.3 Å². The first-order valence-electron chi connectivity index (χ1n) is 9.07. The molecular formula is C19H22F3N3O4. The number of halogens is 3. The predicted molar refractivity (Wildman–Crippen MR) is 97.2 cm³/mol. The molecule has 2 heterocycles. The Morgan fingerprint density at radius 3 is 2.48 bits per heavy atom. The molecule has 1 fully saturated rings. The maximum Gasteiger partial charge on any atom is 0.417 e. The van der Waals surface area contributed by atoms with Crippen LogP contribution in [0, 0.1) is 5.41 Å². The van der Waals surface area contributed by atoms with Crippen LogP contribution in [-0.4, -0.2) is 45.5 Å². The summed E-state index contributed by atoms with van der Waals surface area (Å²) in [6, 6.07) is 5.13. The zero-order valence-electron chi connectivity index (χ0n) is 15.4. The monoisotopic (exact) mass is 413 g/mol. The van der Waals surface area contributed by atoms with E-state index in [0.717, 1.165) is 17.7 Å². The van der Waals surface area contributed by atoms with E-state index < -0.39 is 29.4 Å². The zero-order chi connectivity index (χ0) is 21.1. The van der Waals surface area contributed by atoms with Gasteiger partial charge in [0.15, 0.2) is 0 Å². The minimum atomic E-state index is -4.47. The SMILES string of the molecule is O=c1ccc(CNCC2(COc3ccc(C(F)(F)F)cn3)C[C@@H](O)[C@@H](O)C2)c[nH]1. The second-order valence-corrected chi connectivity index (χ2v) is 7.38. The third-order valence-corrected chi connectivity index (χ3v) is 5.00. The van der Waals surface area contributed by atoms with Crippen molar-refractivity contribution in [3.8, 4) is 5.88 Å². The van der Waals surface area contributed by atoms with Crippen LogP contribution in [0.1, 0.15) is 24.0 Å². The summed E-state index contributed by atoms with van der Waals surface area (Å²) in [6.45, 7) is 0.905. The van der Waals surface area contributed by atoms with Crippen molar-refractivity contribution in [3.05, 3.63) is 58.1 Å². The zero-order valence-corrected chi connectivity index (χ0v) is 15.4. The lowest BCUT2D eigenvalue weighted by Crippen LogP contribution is -2.38. The molecule has 4 N–H and O–H groups in total. The van der Waals surface area contributed by atoms with Gasteiger partial charge in [-0.15, -0.1) is 0 Å². The molecule has 158 valence electrons. The molecule has 3 rings (SSSR count). The number of aliphatic hydroxyl groups excluding tert-OH is 2. The lowest BCUT2D eigenvalue weighted by molar-refractivity contribution is -0.137. The van der Waals surface area contributed by atoms with Crippen molar-refractivity contribution in [3.63, 3.8) is 0 Å². The first kappa shape index (κ1) is 21.3. The van der Waals surface area contributed by atoms with Gasteiger partial charge in [-0.05, 0) is 24.5 Å². The maximum atomic E-state index is 12.6. The van der Waals surface area contributed by atoms with Crippen LogP contribution in [0.25, 0.3) is 0 Å². The predicted octanol–water partition coefficient (Wildman–Crippen LogP) is 1.46. The van der Waals surface area contributed by atoms with Crippen molar-refractivity contribution >= 4 is 0 Å². The average Bonchev–Trinajstić information content (AvgIpc) is 2.95. The molecule has 0 bridgehead atoms. The Morgan fingerprint density at radius 1 is 1.21 bits per heavy atom. The van der Waals surface area contributed by atoms with Gasteiger partial charge in [-0.25, -0.2) is 4.98 Å². The van der Waals surface area contributed by atoms with Crippen LogP contribution in [0.5, 0.6) is 5.88 Å². The van der Waals surface area contributed by atoms with Gasteiger partial charge in [-0.3, -0.25) is 4.79 Å².